The van der Waals surface area contributed by atoms with Crippen molar-refractivity contribution in [1.82, 2.24) is 10.3 Å². The van der Waals surface area contributed by atoms with Crippen molar-refractivity contribution in [1.29, 1.82) is 0 Å². The predicted molar refractivity (Wildman–Crippen MR) is 114 cm³/mol. The first kappa shape index (κ1) is 24.4. The zero-order chi connectivity index (χ0) is 22.0. The first-order valence-electron chi connectivity index (χ1n) is 9.80. The number of nitrogens with two attached hydrogens (primary N) is 3. The second-order valence-electron chi connectivity index (χ2n) is 7.27. The van der Waals surface area contributed by atoms with Crippen LogP contribution < -0.4 is 22.6 Å². The number of carbonyl (C=O) groups is 2. The summed E-state index contributed by atoms with van der Waals surface area (Å²) >= 11 is 0. The van der Waals surface area contributed by atoms with E-state index in [9.17, 15) is 14.7 Å². The van der Waals surface area contributed by atoms with Gasteiger partial charge in [-0.3, -0.25) is 20.4 Å². The van der Waals surface area contributed by atoms with Crippen molar-refractivity contribution in [2.45, 2.75) is 51.6 Å². The van der Waals surface area contributed by atoms with Crippen molar-refractivity contribution >= 4 is 17.6 Å². The van der Waals surface area contributed by atoms with E-state index in [1.807, 2.05) is 13.8 Å². The molecule has 1 rings (SSSR count). The molecule has 162 valence electrons. The van der Waals surface area contributed by atoms with Gasteiger partial charge in [0.25, 0.3) is 0 Å². The molecule has 9 nitrogen and oxygen atoms in total. The quantitative estimate of drug-likeness (QED) is 0.110. The van der Waals surface area contributed by atoms with Gasteiger partial charge in [0.15, 0.2) is 0 Å². The molecule has 1 aromatic carbocycles. The average molecular weight is 407 g/mol. The van der Waals surface area contributed by atoms with Gasteiger partial charge in [-0.15, -0.1) is 0 Å². The number of amidine groups is 1. The van der Waals surface area contributed by atoms with Gasteiger partial charge in [0.2, 0.25) is 11.8 Å². The van der Waals surface area contributed by atoms with E-state index in [2.05, 4.69) is 10.3 Å². The highest BCUT2D eigenvalue weighted by Crippen LogP contribution is 2.12. The summed E-state index contributed by atoms with van der Waals surface area (Å²) in [5, 5.41) is 13.4. The Morgan fingerprint density at radius 1 is 1.24 bits per heavy atom. The van der Waals surface area contributed by atoms with Gasteiger partial charge in [-0.1, -0.05) is 26.0 Å². The molecule has 0 saturated heterocycles. The monoisotopic (exact) mass is 406 g/mol. The zero-order valence-electron chi connectivity index (χ0n) is 17.5. The van der Waals surface area contributed by atoms with E-state index in [4.69, 9.17) is 17.3 Å². The molecule has 3 unspecified atom stereocenters. The number of likely N-dealkylation sites (N-methyl/N-ethyl adjacent to an activating group) is 1. The Bertz CT molecular complexity index is 690. The van der Waals surface area contributed by atoms with Gasteiger partial charge in [0.1, 0.15) is 17.8 Å². The summed E-state index contributed by atoms with van der Waals surface area (Å²) in [7, 11) is 1.60. The molecule has 0 bridgehead atoms. The van der Waals surface area contributed by atoms with Gasteiger partial charge < -0.3 is 21.9 Å². The summed E-state index contributed by atoms with van der Waals surface area (Å²) in [5.74, 6) is 5.77. The third-order valence-corrected chi connectivity index (χ3v) is 4.88. The maximum Gasteiger partial charge on any atom is 0.240 e. The van der Waals surface area contributed by atoms with E-state index in [0.717, 1.165) is 12.0 Å². The Morgan fingerprint density at radius 2 is 1.86 bits per heavy atom. The van der Waals surface area contributed by atoms with Crippen molar-refractivity contribution in [3.8, 4) is 5.75 Å². The SMILES string of the molecule is CCC(C)C(N)=NCCCC(C(=O)NC(Cc1ccc(O)cc1)C(N)=O)N(C)N. The van der Waals surface area contributed by atoms with Crippen molar-refractivity contribution in [3.63, 3.8) is 0 Å². The topological polar surface area (TPSA) is 160 Å². The molecule has 9 heteroatoms. The summed E-state index contributed by atoms with van der Waals surface area (Å²) in [5.41, 5.74) is 12.1. The molecule has 0 aliphatic carbocycles. The first-order valence-corrected chi connectivity index (χ1v) is 9.80. The van der Waals surface area contributed by atoms with E-state index in [1.54, 1.807) is 19.2 Å². The molecule has 0 aromatic heterocycles. The van der Waals surface area contributed by atoms with Crippen molar-refractivity contribution in [2.24, 2.45) is 28.2 Å². The van der Waals surface area contributed by atoms with Gasteiger partial charge in [-0.25, -0.2) is 5.01 Å². The summed E-state index contributed by atoms with van der Waals surface area (Å²) in [6.07, 6.45) is 2.22. The first-order chi connectivity index (χ1) is 13.6. The van der Waals surface area contributed by atoms with Crippen LogP contribution >= 0.6 is 0 Å². The standard InChI is InChI=1S/C20H34N6O3/c1-4-13(2)18(21)24-11-5-6-17(26(3)23)20(29)25-16(19(22)28)12-14-7-9-15(27)10-8-14/h7-10,13,16-17,27H,4-6,11-12,23H2,1-3H3,(H2,21,24)(H2,22,28)(H,25,29). The molecule has 0 saturated carbocycles. The van der Waals surface area contributed by atoms with E-state index in [0.29, 0.717) is 25.2 Å². The van der Waals surface area contributed by atoms with Crippen molar-refractivity contribution in [2.75, 3.05) is 13.6 Å². The van der Waals surface area contributed by atoms with E-state index in [1.165, 1.54) is 17.1 Å². The number of phenolic OH excluding ortho intramolecular Hbond substituents is 1. The van der Waals surface area contributed by atoms with Gasteiger partial charge in [-0.05, 0) is 37.0 Å². The summed E-state index contributed by atoms with van der Waals surface area (Å²) < 4.78 is 0. The number of rotatable bonds is 12. The molecular formula is C20H34N6O3. The lowest BCUT2D eigenvalue weighted by molar-refractivity contribution is -0.130. The molecule has 0 aliphatic heterocycles. The van der Waals surface area contributed by atoms with Crippen LogP contribution in [0.3, 0.4) is 0 Å². The maximum absolute atomic E-state index is 12.7. The third kappa shape index (κ3) is 8.49. The van der Waals surface area contributed by atoms with E-state index in [-0.39, 0.29) is 24.0 Å². The zero-order valence-corrected chi connectivity index (χ0v) is 17.5. The smallest absolute Gasteiger partial charge is 0.240 e. The highest BCUT2D eigenvalue weighted by Gasteiger charge is 2.26. The molecule has 8 N–H and O–H groups in total. The fourth-order valence-corrected chi connectivity index (χ4v) is 2.74. The molecule has 0 aliphatic rings. The van der Waals surface area contributed by atoms with E-state index >= 15 is 0 Å². The lowest BCUT2D eigenvalue weighted by atomic mass is 10.0. The fourth-order valence-electron chi connectivity index (χ4n) is 2.74. The Kier molecular flexibility index (Phi) is 10.1. The molecule has 0 fully saturated rings. The fraction of sp³-hybridized carbons (Fsp3) is 0.550. The largest absolute Gasteiger partial charge is 0.508 e. The summed E-state index contributed by atoms with van der Waals surface area (Å²) in [6.45, 7) is 4.56. The second kappa shape index (κ2) is 12.0. The molecule has 1 aromatic rings. The normalized spacial score (nSPS) is 15.0. The number of benzene rings is 1. The van der Waals surface area contributed by atoms with Gasteiger partial charge >= 0.3 is 0 Å². The number of hydrazine groups is 1. The van der Waals surface area contributed by atoms with Crippen LogP contribution in [0.15, 0.2) is 29.3 Å². The van der Waals surface area contributed by atoms with Crippen LogP contribution in [0, 0.1) is 5.92 Å². The van der Waals surface area contributed by atoms with Gasteiger partial charge in [0.05, 0.1) is 5.84 Å². The molecular weight excluding hydrogens is 372 g/mol. The average Bonchev–Trinajstić information content (AvgIpc) is 2.67. The molecule has 2 amide bonds. The van der Waals surface area contributed by atoms with Gasteiger partial charge in [-0.2, -0.15) is 0 Å². The number of amides is 2. The molecule has 0 radical (unpaired) electrons. The van der Waals surface area contributed by atoms with Crippen molar-refractivity contribution < 1.29 is 14.7 Å². The van der Waals surface area contributed by atoms with Crippen LogP contribution in [0.1, 0.15) is 38.7 Å². The van der Waals surface area contributed by atoms with Crippen LogP contribution in [0.25, 0.3) is 0 Å². The number of phenols is 1. The van der Waals surface area contributed by atoms with Crippen LogP contribution in [-0.2, 0) is 16.0 Å². The Labute approximate surface area is 172 Å². The van der Waals surface area contributed by atoms with Gasteiger partial charge in [0, 0.05) is 25.9 Å². The van der Waals surface area contributed by atoms with Crippen LogP contribution in [0.5, 0.6) is 5.75 Å². The molecule has 29 heavy (non-hydrogen) atoms. The second-order valence-corrected chi connectivity index (χ2v) is 7.27. The highest BCUT2D eigenvalue weighted by atomic mass is 16.3. The highest BCUT2D eigenvalue weighted by molar-refractivity contribution is 5.89. The van der Waals surface area contributed by atoms with Crippen LogP contribution in [0.2, 0.25) is 0 Å². The minimum absolute atomic E-state index is 0.120. The number of carbonyl (C=O) groups excluding carboxylic acids is 2. The number of primary amides is 1. The summed E-state index contributed by atoms with van der Waals surface area (Å²) in [6, 6.07) is 4.85. The minimum atomic E-state index is -0.881. The molecule has 3 atom stereocenters. The summed E-state index contributed by atoms with van der Waals surface area (Å²) in [4.78, 5) is 28.8. The number of hydrogen-bond acceptors (Lipinski definition) is 6. The Balaban J connectivity index is 2.68. The third-order valence-electron chi connectivity index (χ3n) is 4.88. The predicted octanol–water partition coefficient (Wildman–Crippen LogP) is 0.262. The Hall–Kier alpha value is -2.65. The minimum Gasteiger partial charge on any atom is -0.508 e. The van der Waals surface area contributed by atoms with Crippen LogP contribution in [-0.4, -0.2) is 53.4 Å². The van der Waals surface area contributed by atoms with Crippen LogP contribution in [0.4, 0.5) is 0 Å². The maximum atomic E-state index is 12.7. The number of aliphatic imine (C=N–C) groups is 1. The lowest BCUT2D eigenvalue weighted by Crippen LogP contribution is -2.54. The van der Waals surface area contributed by atoms with Crippen molar-refractivity contribution in [3.05, 3.63) is 29.8 Å². The number of nitrogens with one attached hydrogen (secondary N) is 1. The number of nitrogens with zero attached hydrogens (tertiary/aromatic N) is 2. The molecule has 0 heterocycles. The lowest BCUT2D eigenvalue weighted by Gasteiger charge is -2.25. The number of hydrogen-bond donors (Lipinski definition) is 5. The number of aromatic hydroxyl groups is 1. The molecule has 0 spiro atoms. The Morgan fingerprint density at radius 3 is 2.38 bits per heavy atom. The van der Waals surface area contributed by atoms with E-state index < -0.39 is 18.0 Å².